The van der Waals surface area contributed by atoms with Gasteiger partial charge in [-0.2, -0.15) is 0 Å². The molecule has 1 atom stereocenters. The zero-order valence-electron chi connectivity index (χ0n) is 11.4. The molecule has 0 fully saturated rings. The summed E-state index contributed by atoms with van der Waals surface area (Å²) in [6, 6.07) is 5.82. The molecule has 0 saturated carbocycles. The van der Waals surface area contributed by atoms with Crippen molar-refractivity contribution in [3.8, 4) is 0 Å². The molecule has 2 aromatic rings. The van der Waals surface area contributed by atoms with Crippen molar-refractivity contribution in [3.05, 3.63) is 51.5 Å². The number of hydrogen-bond acceptors (Lipinski definition) is 3. The SMILES string of the molecule is CCc1cc(C(=O)NC(C)c2ccncc2)sc1C. The monoisotopic (exact) mass is 274 g/mol. The third-order valence-corrected chi connectivity index (χ3v) is 4.27. The third kappa shape index (κ3) is 3.20. The van der Waals surface area contributed by atoms with Crippen molar-refractivity contribution in [3.63, 3.8) is 0 Å². The van der Waals surface area contributed by atoms with Crippen LogP contribution in [0.4, 0.5) is 0 Å². The average Bonchev–Trinajstić information content (AvgIpc) is 2.81. The van der Waals surface area contributed by atoms with Crippen LogP contribution in [0.2, 0.25) is 0 Å². The fourth-order valence-electron chi connectivity index (χ4n) is 1.99. The van der Waals surface area contributed by atoms with E-state index in [1.165, 1.54) is 10.4 Å². The lowest BCUT2D eigenvalue weighted by Crippen LogP contribution is -2.25. The zero-order valence-corrected chi connectivity index (χ0v) is 12.3. The number of amides is 1. The second kappa shape index (κ2) is 5.97. The Morgan fingerprint density at radius 2 is 2.11 bits per heavy atom. The van der Waals surface area contributed by atoms with Crippen molar-refractivity contribution in [2.24, 2.45) is 0 Å². The molecule has 2 heterocycles. The van der Waals surface area contributed by atoms with Crippen molar-refractivity contribution >= 4 is 17.2 Å². The highest BCUT2D eigenvalue weighted by molar-refractivity contribution is 7.14. The summed E-state index contributed by atoms with van der Waals surface area (Å²) >= 11 is 1.56. The van der Waals surface area contributed by atoms with Gasteiger partial charge < -0.3 is 5.32 Å². The highest BCUT2D eigenvalue weighted by Gasteiger charge is 2.14. The normalized spacial score (nSPS) is 12.2. The van der Waals surface area contributed by atoms with Crippen LogP contribution in [0.1, 0.15) is 45.6 Å². The molecule has 1 amide bonds. The Labute approximate surface area is 117 Å². The highest BCUT2D eigenvalue weighted by atomic mass is 32.1. The second-order valence-corrected chi connectivity index (χ2v) is 5.78. The number of aromatic nitrogens is 1. The predicted molar refractivity (Wildman–Crippen MR) is 78.6 cm³/mol. The maximum Gasteiger partial charge on any atom is 0.261 e. The largest absolute Gasteiger partial charge is 0.345 e. The fourth-order valence-corrected chi connectivity index (χ4v) is 3.00. The van der Waals surface area contributed by atoms with E-state index in [-0.39, 0.29) is 11.9 Å². The molecule has 0 aliphatic rings. The molecule has 1 unspecified atom stereocenters. The molecule has 19 heavy (non-hydrogen) atoms. The van der Waals surface area contributed by atoms with E-state index < -0.39 is 0 Å². The predicted octanol–water partition coefficient (Wildman–Crippen LogP) is 3.50. The molecule has 1 N–H and O–H groups in total. The van der Waals surface area contributed by atoms with Crippen LogP contribution in [0.3, 0.4) is 0 Å². The van der Waals surface area contributed by atoms with E-state index in [9.17, 15) is 4.79 Å². The lowest BCUT2D eigenvalue weighted by Gasteiger charge is -2.13. The van der Waals surface area contributed by atoms with Gasteiger partial charge in [0.15, 0.2) is 0 Å². The molecule has 2 rings (SSSR count). The summed E-state index contributed by atoms with van der Waals surface area (Å²) in [6.07, 6.45) is 4.44. The Kier molecular flexibility index (Phi) is 4.32. The summed E-state index contributed by atoms with van der Waals surface area (Å²) in [5.41, 5.74) is 2.32. The molecule has 0 aliphatic heterocycles. The number of rotatable bonds is 4. The van der Waals surface area contributed by atoms with Crippen LogP contribution < -0.4 is 5.32 Å². The van der Waals surface area contributed by atoms with Crippen molar-refractivity contribution in [1.82, 2.24) is 10.3 Å². The number of nitrogens with one attached hydrogen (secondary N) is 1. The van der Waals surface area contributed by atoms with Gasteiger partial charge in [-0.1, -0.05) is 6.92 Å². The summed E-state index contributed by atoms with van der Waals surface area (Å²) in [7, 11) is 0. The number of carbonyl (C=O) groups excluding carboxylic acids is 1. The maximum atomic E-state index is 12.2. The molecule has 0 aromatic carbocycles. The number of carbonyl (C=O) groups is 1. The van der Waals surface area contributed by atoms with Gasteiger partial charge in [-0.15, -0.1) is 11.3 Å². The van der Waals surface area contributed by atoms with Crippen LogP contribution in [-0.4, -0.2) is 10.9 Å². The molecule has 0 saturated heterocycles. The van der Waals surface area contributed by atoms with E-state index in [1.54, 1.807) is 23.7 Å². The third-order valence-electron chi connectivity index (χ3n) is 3.18. The highest BCUT2D eigenvalue weighted by Crippen LogP contribution is 2.22. The van der Waals surface area contributed by atoms with Gasteiger partial charge in [0.1, 0.15) is 0 Å². The number of hydrogen-bond donors (Lipinski definition) is 1. The number of thiophene rings is 1. The topological polar surface area (TPSA) is 42.0 Å². The van der Waals surface area contributed by atoms with Gasteiger partial charge in [0.2, 0.25) is 0 Å². The average molecular weight is 274 g/mol. The Bertz CT molecular complexity index is 563. The van der Waals surface area contributed by atoms with Gasteiger partial charge in [-0.05, 0) is 49.6 Å². The first kappa shape index (κ1) is 13.7. The zero-order chi connectivity index (χ0) is 13.8. The lowest BCUT2D eigenvalue weighted by atomic mass is 10.1. The van der Waals surface area contributed by atoms with E-state index in [4.69, 9.17) is 0 Å². The van der Waals surface area contributed by atoms with Crippen molar-refractivity contribution in [2.75, 3.05) is 0 Å². The van der Waals surface area contributed by atoms with Crippen LogP contribution >= 0.6 is 11.3 Å². The summed E-state index contributed by atoms with van der Waals surface area (Å²) in [4.78, 5) is 18.2. The van der Waals surface area contributed by atoms with Gasteiger partial charge in [0, 0.05) is 17.3 Å². The molecule has 4 heteroatoms. The quantitative estimate of drug-likeness (QED) is 0.927. The Morgan fingerprint density at radius 1 is 1.42 bits per heavy atom. The first-order valence-corrected chi connectivity index (χ1v) is 7.23. The Morgan fingerprint density at radius 3 is 2.68 bits per heavy atom. The second-order valence-electron chi connectivity index (χ2n) is 4.52. The fraction of sp³-hybridized carbons (Fsp3) is 0.333. The minimum absolute atomic E-state index is 0.00267. The Hall–Kier alpha value is -1.68. The van der Waals surface area contributed by atoms with Crippen LogP contribution in [-0.2, 0) is 6.42 Å². The first-order valence-electron chi connectivity index (χ1n) is 6.42. The minimum Gasteiger partial charge on any atom is -0.345 e. The summed E-state index contributed by atoms with van der Waals surface area (Å²) in [5.74, 6) is -0.00267. The standard InChI is InChI=1S/C15H18N2OS/c1-4-12-9-14(19-11(12)3)15(18)17-10(2)13-5-7-16-8-6-13/h5-10H,4H2,1-3H3,(H,17,18). The molecule has 2 aromatic heterocycles. The molecule has 100 valence electrons. The van der Waals surface area contributed by atoms with E-state index in [0.717, 1.165) is 16.9 Å². The summed E-state index contributed by atoms with van der Waals surface area (Å²) in [6.45, 7) is 6.15. The summed E-state index contributed by atoms with van der Waals surface area (Å²) < 4.78 is 0. The van der Waals surface area contributed by atoms with E-state index in [0.29, 0.717) is 0 Å². The number of nitrogens with zero attached hydrogens (tertiary/aromatic N) is 1. The molecular formula is C15H18N2OS. The van der Waals surface area contributed by atoms with Crippen LogP contribution in [0.15, 0.2) is 30.6 Å². The van der Waals surface area contributed by atoms with Crippen molar-refractivity contribution in [1.29, 1.82) is 0 Å². The smallest absolute Gasteiger partial charge is 0.261 e. The summed E-state index contributed by atoms with van der Waals surface area (Å²) in [5, 5.41) is 3.02. The molecule has 0 bridgehead atoms. The lowest BCUT2D eigenvalue weighted by molar-refractivity contribution is 0.0944. The van der Waals surface area contributed by atoms with Gasteiger partial charge >= 0.3 is 0 Å². The van der Waals surface area contributed by atoms with Crippen molar-refractivity contribution < 1.29 is 4.79 Å². The van der Waals surface area contributed by atoms with E-state index >= 15 is 0 Å². The van der Waals surface area contributed by atoms with Gasteiger partial charge in [0.05, 0.1) is 10.9 Å². The van der Waals surface area contributed by atoms with Gasteiger partial charge in [0.25, 0.3) is 5.91 Å². The molecule has 0 radical (unpaired) electrons. The first-order chi connectivity index (χ1) is 9.11. The molecular weight excluding hydrogens is 256 g/mol. The minimum atomic E-state index is -0.0111. The molecule has 0 aliphatic carbocycles. The van der Waals surface area contributed by atoms with Gasteiger partial charge in [-0.25, -0.2) is 0 Å². The van der Waals surface area contributed by atoms with Gasteiger partial charge in [-0.3, -0.25) is 9.78 Å². The van der Waals surface area contributed by atoms with E-state index in [2.05, 4.69) is 24.1 Å². The van der Waals surface area contributed by atoms with E-state index in [1.807, 2.05) is 25.1 Å². The number of pyridine rings is 1. The number of aryl methyl sites for hydroxylation is 2. The maximum absolute atomic E-state index is 12.2. The molecule has 3 nitrogen and oxygen atoms in total. The van der Waals surface area contributed by atoms with Crippen LogP contribution in [0, 0.1) is 6.92 Å². The van der Waals surface area contributed by atoms with Crippen molar-refractivity contribution in [2.45, 2.75) is 33.2 Å². The van der Waals surface area contributed by atoms with Crippen LogP contribution in [0.25, 0.3) is 0 Å². The molecule has 0 spiro atoms. The Balaban J connectivity index is 2.08. The van der Waals surface area contributed by atoms with Crippen LogP contribution in [0.5, 0.6) is 0 Å².